The molecule has 0 spiro atoms. The third-order valence-electron chi connectivity index (χ3n) is 6.93. The van der Waals surface area contributed by atoms with Crippen LogP contribution >= 0.6 is 0 Å². The number of hydrogen-bond acceptors (Lipinski definition) is 6. The van der Waals surface area contributed by atoms with E-state index < -0.39 is 24.4 Å². The average molecular weight is 584 g/mol. The fourth-order valence-corrected chi connectivity index (χ4v) is 4.60. The van der Waals surface area contributed by atoms with Crippen LogP contribution in [0, 0.1) is 0 Å². The molecule has 0 heterocycles. The molecule has 0 bridgehead atoms. The zero-order valence-electron chi connectivity index (χ0n) is 24.8. The Morgan fingerprint density at radius 1 is 0.581 bits per heavy atom. The number of nitrogens with zero attached hydrogens (tertiary/aromatic N) is 1. The van der Waals surface area contributed by atoms with E-state index in [1.165, 1.54) is 4.90 Å². The summed E-state index contributed by atoms with van der Waals surface area (Å²) in [6, 6.07) is 38.8. The van der Waals surface area contributed by atoms with Crippen molar-refractivity contribution in [3.05, 3.63) is 144 Å². The lowest BCUT2D eigenvalue weighted by atomic mass is 10.0. The molecule has 7 nitrogen and oxygen atoms in total. The van der Waals surface area contributed by atoms with Crippen molar-refractivity contribution in [3.63, 3.8) is 0 Å². The number of carbonyl (C=O) groups is 1. The van der Waals surface area contributed by atoms with E-state index in [1.807, 2.05) is 121 Å². The van der Waals surface area contributed by atoms with Gasteiger partial charge in [0.1, 0.15) is 18.3 Å². The molecule has 1 N–H and O–H groups in total. The molecule has 43 heavy (non-hydrogen) atoms. The van der Waals surface area contributed by atoms with Gasteiger partial charge in [-0.1, -0.05) is 121 Å². The zero-order chi connectivity index (χ0) is 30.3. The minimum Gasteiger partial charge on any atom is -0.388 e. The van der Waals surface area contributed by atoms with E-state index in [0.717, 1.165) is 22.3 Å². The average Bonchev–Trinajstić information content (AvgIpc) is 3.05. The summed E-state index contributed by atoms with van der Waals surface area (Å²) in [6.07, 6.45) is -4.10. The van der Waals surface area contributed by atoms with Crippen LogP contribution in [0.15, 0.2) is 121 Å². The van der Waals surface area contributed by atoms with E-state index in [1.54, 1.807) is 14.1 Å². The molecule has 0 unspecified atom stereocenters. The fraction of sp³-hybridized carbons (Fsp3) is 0.306. The molecule has 1 amide bonds. The Labute approximate surface area is 254 Å². The maximum atomic E-state index is 13.7. The second kappa shape index (κ2) is 17.3. The van der Waals surface area contributed by atoms with Crippen LogP contribution < -0.4 is 0 Å². The Kier molecular flexibility index (Phi) is 12.9. The van der Waals surface area contributed by atoms with Crippen LogP contribution in [0.2, 0.25) is 0 Å². The second-order valence-electron chi connectivity index (χ2n) is 10.5. The largest absolute Gasteiger partial charge is 0.388 e. The van der Waals surface area contributed by atoms with Crippen molar-refractivity contribution in [2.75, 3.05) is 20.7 Å². The Balaban J connectivity index is 1.62. The van der Waals surface area contributed by atoms with Crippen molar-refractivity contribution < 1.29 is 28.8 Å². The van der Waals surface area contributed by atoms with Crippen molar-refractivity contribution in [1.29, 1.82) is 0 Å². The molecular weight excluding hydrogens is 542 g/mol. The number of carbonyl (C=O) groups excluding carboxylic acids is 1. The Morgan fingerprint density at radius 2 is 0.953 bits per heavy atom. The lowest BCUT2D eigenvalue weighted by molar-refractivity contribution is -0.195. The van der Waals surface area contributed by atoms with Gasteiger partial charge in [-0.3, -0.25) is 4.79 Å². The van der Waals surface area contributed by atoms with Gasteiger partial charge in [0.2, 0.25) is 0 Å². The summed E-state index contributed by atoms with van der Waals surface area (Å²) in [5.74, 6) is -0.292. The Hall–Kier alpha value is -3.85. The van der Waals surface area contributed by atoms with Crippen molar-refractivity contribution in [2.45, 2.75) is 50.8 Å². The quantitative estimate of drug-likeness (QED) is 0.179. The molecule has 226 valence electrons. The Morgan fingerprint density at radius 3 is 1.37 bits per heavy atom. The first-order valence-electron chi connectivity index (χ1n) is 14.5. The molecule has 0 fully saturated rings. The summed E-state index contributed by atoms with van der Waals surface area (Å²) in [7, 11) is 3.35. The predicted octanol–water partition coefficient (Wildman–Crippen LogP) is 5.41. The number of amides is 1. The van der Waals surface area contributed by atoms with Crippen LogP contribution in [0.4, 0.5) is 0 Å². The molecule has 0 radical (unpaired) electrons. The smallest absolute Gasteiger partial charge is 0.254 e. The minimum absolute atomic E-state index is 0.0267. The maximum absolute atomic E-state index is 13.7. The zero-order valence-corrected chi connectivity index (χ0v) is 24.8. The molecule has 4 aromatic carbocycles. The molecule has 4 rings (SSSR count). The maximum Gasteiger partial charge on any atom is 0.254 e. The van der Waals surface area contributed by atoms with Crippen molar-refractivity contribution in [3.8, 4) is 0 Å². The summed E-state index contributed by atoms with van der Waals surface area (Å²) < 4.78 is 25.1. The van der Waals surface area contributed by atoms with Crippen LogP contribution in [0.5, 0.6) is 0 Å². The van der Waals surface area contributed by atoms with Gasteiger partial charge in [0.15, 0.2) is 6.10 Å². The number of likely N-dealkylation sites (N-methyl/N-ethyl adjacent to an activating group) is 1. The number of rotatable bonds is 17. The molecule has 0 aliphatic rings. The van der Waals surface area contributed by atoms with Gasteiger partial charge in [0, 0.05) is 14.1 Å². The van der Waals surface area contributed by atoms with E-state index >= 15 is 0 Å². The highest BCUT2D eigenvalue weighted by Crippen LogP contribution is 2.23. The standard InChI is InChI=1S/C36H41NO6/c1-37(2)36(39)35(43-26-31-21-13-6-14-22-31)34(42-25-30-19-11-5-12-20-30)33(41-24-29-17-9-4-10-18-29)32(38)27-40-23-28-15-7-3-8-16-28/h3-22,32-35,38H,23-27H2,1-2H3/t32-,33+,34-,35+/m0/s1. The number of ether oxygens (including phenoxy) is 4. The van der Waals surface area contributed by atoms with Crippen molar-refractivity contribution in [1.82, 2.24) is 4.90 Å². The highest BCUT2D eigenvalue weighted by molar-refractivity contribution is 5.81. The van der Waals surface area contributed by atoms with Crippen LogP contribution in [-0.2, 0) is 50.2 Å². The first-order chi connectivity index (χ1) is 21.0. The van der Waals surface area contributed by atoms with E-state index in [2.05, 4.69) is 0 Å². The molecule has 4 aromatic rings. The first kappa shape index (κ1) is 32.1. The molecule has 0 aromatic heterocycles. The van der Waals surface area contributed by atoms with Crippen LogP contribution in [0.3, 0.4) is 0 Å². The highest BCUT2D eigenvalue weighted by atomic mass is 16.6. The van der Waals surface area contributed by atoms with Crippen molar-refractivity contribution in [2.24, 2.45) is 0 Å². The van der Waals surface area contributed by atoms with Gasteiger partial charge in [-0.05, 0) is 22.3 Å². The van der Waals surface area contributed by atoms with Crippen LogP contribution in [0.25, 0.3) is 0 Å². The first-order valence-corrected chi connectivity index (χ1v) is 14.5. The predicted molar refractivity (Wildman–Crippen MR) is 166 cm³/mol. The fourth-order valence-electron chi connectivity index (χ4n) is 4.60. The number of aliphatic hydroxyl groups is 1. The lowest BCUT2D eigenvalue weighted by Gasteiger charge is -2.36. The van der Waals surface area contributed by atoms with Gasteiger partial charge in [-0.15, -0.1) is 0 Å². The monoisotopic (exact) mass is 583 g/mol. The molecule has 0 aliphatic heterocycles. The Bertz CT molecular complexity index is 1320. The summed E-state index contributed by atoms with van der Waals surface area (Å²) in [4.78, 5) is 15.1. The number of aliphatic hydroxyl groups excluding tert-OH is 1. The topological polar surface area (TPSA) is 77.5 Å². The molecule has 7 heteroatoms. The molecule has 0 saturated carbocycles. The molecule has 0 saturated heterocycles. The second-order valence-corrected chi connectivity index (χ2v) is 10.5. The van der Waals surface area contributed by atoms with E-state index in [-0.39, 0.29) is 32.3 Å². The summed E-state index contributed by atoms with van der Waals surface area (Å²) in [6.45, 7) is 0.876. The van der Waals surface area contributed by atoms with Gasteiger partial charge in [-0.2, -0.15) is 0 Å². The van der Waals surface area contributed by atoms with Gasteiger partial charge < -0.3 is 29.0 Å². The SMILES string of the molecule is CN(C)C(=O)[C@H](OCc1ccccc1)[C@@H](OCc1ccccc1)[C@H](OCc1ccccc1)[C@@H](O)COCc1ccccc1. The molecular formula is C36H41NO6. The minimum atomic E-state index is -1.12. The molecule has 0 aliphatic carbocycles. The van der Waals surface area contributed by atoms with Gasteiger partial charge >= 0.3 is 0 Å². The summed E-state index contributed by atoms with van der Waals surface area (Å²) in [5, 5.41) is 11.6. The van der Waals surface area contributed by atoms with Gasteiger partial charge in [-0.25, -0.2) is 0 Å². The third kappa shape index (κ3) is 10.4. The van der Waals surface area contributed by atoms with Gasteiger partial charge in [0.05, 0.1) is 33.0 Å². The van der Waals surface area contributed by atoms with Crippen LogP contribution in [-0.4, -0.2) is 61.0 Å². The van der Waals surface area contributed by atoms with E-state index in [4.69, 9.17) is 18.9 Å². The van der Waals surface area contributed by atoms with Gasteiger partial charge in [0.25, 0.3) is 5.91 Å². The van der Waals surface area contributed by atoms with Crippen molar-refractivity contribution >= 4 is 5.91 Å². The summed E-state index contributed by atoms with van der Waals surface area (Å²) in [5.41, 5.74) is 3.74. The third-order valence-corrected chi connectivity index (χ3v) is 6.93. The van der Waals surface area contributed by atoms with E-state index in [9.17, 15) is 9.90 Å². The number of benzene rings is 4. The van der Waals surface area contributed by atoms with Crippen LogP contribution in [0.1, 0.15) is 22.3 Å². The highest BCUT2D eigenvalue weighted by Gasteiger charge is 2.41. The molecule has 4 atom stereocenters. The normalized spacial score (nSPS) is 14.0. The van der Waals surface area contributed by atoms with E-state index in [0.29, 0.717) is 6.61 Å². The lowest BCUT2D eigenvalue weighted by Crippen LogP contribution is -2.54. The number of hydrogen-bond donors (Lipinski definition) is 1. The summed E-state index contributed by atoms with van der Waals surface area (Å²) >= 11 is 0.